The molecule has 5 nitrogen and oxygen atoms in total. The highest BCUT2D eigenvalue weighted by atomic mass is 19.1. The van der Waals surface area contributed by atoms with Crippen LogP contribution in [-0.4, -0.2) is 48.5 Å². The SMILES string of the molecule is [2H]C([2H])(NC(=O)N(Cc1ccc(F)cc1)C1CCN(C([2H])([2H])[2H])CC1)c1ccc(OC([2H])([2H])C([2H])(C([2H])([2H])[2H])C([2H])([2H])[2H])cc1. The molecule has 0 atom stereocenters. The second kappa shape index (κ2) is 11.1. The smallest absolute Gasteiger partial charge is 0.318 e. The highest BCUT2D eigenvalue weighted by Crippen LogP contribution is 2.19. The zero-order chi connectivity index (χ0) is 34.2. The Hall–Kier alpha value is -2.60. The van der Waals surface area contributed by atoms with E-state index < -0.39 is 63.3 Å². The van der Waals surface area contributed by atoms with Crippen LogP contribution in [0.4, 0.5) is 9.18 Å². The van der Waals surface area contributed by atoms with Gasteiger partial charge in [0, 0.05) is 32.8 Å². The third-order valence-electron chi connectivity index (χ3n) is 4.87. The Bertz CT molecular complexity index is 1290. The Morgan fingerprint density at radius 1 is 1.23 bits per heavy atom. The third-order valence-corrected chi connectivity index (χ3v) is 4.87. The first-order chi connectivity index (χ1) is 20.4. The number of hydrogen-bond acceptors (Lipinski definition) is 3. The van der Waals surface area contributed by atoms with Crippen LogP contribution in [0.1, 0.15) is 56.9 Å². The summed E-state index contributed by atoms with van der Waals surface area (Å²) in [6, 6.07) is 8.39. The van der Waals surface area contributed by atoms with Gasteiger partial charge in [-0.1, -0.05) is 38.0 Å². The molecule has 0 saturated carbocycles. The van der Waals surface area contributed by atoms with Crippen LogP contribution in [0.5, 0.6) is 5.75 Å². The van der Waals surface area contributed by atoms with Crippen LogP contribution < -0.4 is 10.1 Å². The number of halogens is 1. The number of piperidine rings is 1. The van der Waals surface area contributed by atoms with Crippen LogP contribution in [0.25, 0.3) is 0 Å². The first kappa shape index (κ1) is 10.8. The number of ether oxygens (including phenoxy) is 1. The van der Waals surface area contributed by atoms with Gasteiger partial charge in [0.2, 0.25) is 0 Å². The van der Waals surface area contributed by atoms with Crippen LogP contribution in [0, 0.1) is 11.7 Å². The van der Waals surface area contributed by atoms with Crippen molar-refractivity contribution in [2.45, 2.75) is 45.6 Å². The van der Waals surface area contributed by atoms with Crippen molar-refractivity contribution >= 4 is 6.03 Å². The maximum Gasteiger partial charge on any atom is 0.318 e. The molecule has 0 unspecified atom stereocenters. The normalized spacial score (nSPS) is 24.3. The molecule has 1 aliphatic heterocycles. The molecule has 168 valence electrons. The standard InChI is InChI=1S/C25H34FN3O2/c1-19(2)18-31-24-10-6-20(7-11-24)16-27-25(30)29(23-12-14-28(3)15-13-23)17-21-4-8-22(26)9-5-21/h4-11,19,23H,12-18H2,1-3H3,(H,27,30)/i1D3,2D3,3D3,16D2,18D2,19D. The van der Waals surface area contributed by atoms with Crippen molar-refractivity contribution in [3.63, 3.8) is 0 Å². The molecule has 1 fully saturated rings. The van der Waals surface area contributed by atoms with Crippen LogP contribution in [-0.2, 0) is 13.0 Å². The fourth-order valence-corrected chi connectivity index (χ4v) is 3.24. The maximum absolute atomic E-state index is 13.5. The van der Waals surface area contributed by atoms with E-state index in [0.29, 0.717) is 5.56 Å². The van der Waals surface area contributed by atoms with E-state index in [1.54, 1.807) is 0 Å². The van der Waals surface area contributed by atoms with Gasteiger partial charge in [0.25, 0.3) is 0 Å². The zero-order valence-electron chi connectivity index (χ0n) is 30.8. The lowest BCUT2D eigenvalue weighted by Crippen LogP contribution is -2.49. The minimum absolute atomic E-state index is 0.0235. The van der Waals surface area contributed by atoms with Gasteiger partial charge in [-0.15, -0.1) is 0 Å². The minimum atomic E-state index is -3.66. The van der Waals surface area contributed by atoms with Crippen LogP contribution in [0.2, 0.25) is 0 Å². The summed E-state index contributed by atoms with van der Waals surface area (Å²) in [4.78, 5) is 16.2. The quantitative estimate of drug-likeness (QED) is 0.648. The Kier molecular flexibility index (Phi) is 3.89. The molecule has 1 saturated heterocycles. The van der Waals surface area contributed by atoms with E-state index in [2.05, 4.69) is 5.32 Å². The van der Waals surface area contributed by atoms with Crippen LogP contribution in [0.15, 0.2) is 48.5 Å². The van der Waals surface area contributed by atoms with E-state index in [0.717, 1.165) is 24.3 Å². The molecule has 0 bridgehead atoms. The van der Waals surface area contributed by atoms with Crippen molar-refractivity contribution in [1.29, 1.82) is 0 Å². The number of likely N-dealkylation sites (tertiary alicyclic amines) is 1. The number of rotatable bonds is 8. The van der Waals surface area contributed by atoms with E-state index in [4.69, 9.17) is 23.9 Å². The third kappa shape index (κ3) is 7.24. The predicted molar refractivity (Wildman–Crippen MR) is 121 cm³/mol. The van der Waals surface area contributed by atoms with E-state index >= 15 is 0 Å². The van der Waals surface area contributed by atoms with E-state index in [1.165, 1.54) is 34.1 Å². The number of hydrogen-bond donors (Lipinski definition) is 1. The Morgan fingerprint density at radius 2 is 1.90 bits per heavy atom. The van der Waals surface area contributed by atoms with Gasteiger partial charge in [-0.05, 0) is 74.2 Å². The second-order valence-electron chi connectivity index (χ2n) is 7.13. The van der Waals surface area contributed by atoms with Gasteiger partial charge in [-0.25, -0.2) is 9.18 Å². The number of urea groups is 1. The van der Waals surface area contributed by atoms with Gasteiger partial charge in [-0.2, -0.15) is 0 Å². The first-order valence-electron chi connectivity index (χ1n) is 16.8. The number of carbonyl (C=O) groups is 1. The molecule has 3 rings (SSSR count). The van der Waals surface area contributed by atoms with Gasteiger partial charge in [0.05, 0.1) is 12.0 Å². The molecule has 1 heterocycles. The zero-order valence-corrected chi connectivity index (χ0v) is 16.8. The molecule has 0 spiro atoms. The molecule has 0 aromatic heterocycles. The van der Waals surface area contributed by atoms with E-state index in [-0.39, 0.29) is 38.0 Å². The van der Waals surface area contributed by atoms with Crippen molar-refractivity contribution in [2.75, 3.05) is 26.6 Å². The van der Waals surface area contributed by atoms with Gasteiger partial charge in [-0.3, -0.25) is 0 Å². The summed E-state index contributed by atoms with van der Waals surface area (Å²) < 4.78 is 128. The average Bonchev–Trinajstić information content (AvgIpc) is 2.90. The van der Waals surface area contributed by atoms with Crippen molar-refractivity contribution in [3.05, 3.63) is 65.5 Å². The van der Waals surface area contributed by atoms with Crippen LogP contribution in [0.3, 0.4) is 0 Å². The van der Waals surface area contributed by atoms with E-state index in [1.807, 2.05) is 0 Å². The topological polar surface area (TPSA) is 44.8 Å². The molecule has 1 N–H and O–H groups in total. The molecular weight excluding hydrogens is 393 g/mol. The fourth-order valence-electron chi connectivity index (χ4n) is 3.24. The number of carbonyl (C=O) groups excluding carboxylic acids is 1. The summed E-state index contributed by atoms with van der Waals surface area (Å²) >= 11 is 0. The Labute approximate surface area is 204 Å². The molecule has 2 aromatic carbocycles. The van der Waals surface area contributed by atoms with Crippen molar-refractivity contribution in [1.82, 2.24) is 15.1 Å². The summed E-state index contributed by atoms with van der Waals surface area (Å²) in [5.41, 5.74) is 0.423. The lowest BCUT2D eigenvalue weighted by molar-refractivity contribution is 0.127. The number of nitrogens with one attached hydrogen (secondary N) is 1. The predicted octanol–water partition coefficient (Wildman–Crippen LogP) is 4.67. The van der Waals surface area contributed by atoms with Crippen molar-refractivity contribution in [3.8, 4) is 5.75 Å². The van der Waals surface area contributed by atoms with Crippen molar-refractivity contribution < 1.29 is 33.1 Å². The Balaban J connectivity index is 1.81. The van der Waals surface area contributed by atoms with Gasteiger partial charge in [0.1, 0.15) is 11.6 Å². The molecule has 2 amide bonds. The minimum Gasteiger partial charge on any atom is -0.493 e. The molecule has 1 aliphatic rings. The molecular formula is C25H34FN3O2. The second-order valence-corrected chi connectivity index (χ2v) is 7.13. The number of nitrogens with zero attached hydrogens (tertiary/aromatic N) is 2. The van der Waals surface area contributed by atoms with Gasteiger partial charge >= 0.3 is 6.03 Å². The summed E-state index contributed by atoms with van der Waals surface area (Å²) in [5.74, 6) is -4.54. The summed E-state index contributed by atoms with van der Waals surface area (Å²) in [6.07, 6.45) is 0.571. The van der Waals surface area contributed by atoms with Gasteiger partial charge < -0.3 is 19.9 Å². The summed E-state index contributed by atoms with van der Waals surface area (Å²) in [6.45, 7) is -15.3. The molecule has 6 heteroatoms. The summed E-state index contributed by atoms with van der Waals surface area (Å²) in [7, 11) is 0. The largest absolute Gasteiger partial charge is 0.493 e. The maximum atomic E-state index is 13.5. The van der Waals surface area contributed by atoms with E-state index in [9.17, 15) is 9.18 Å². The van der Waals surface area contributed by atoms with Crippen LogP contribution >= 0.6 is 0 Å². The first-order valence-corrected chi connectivity index (χ1v) is 9.77. The monoisotopic (exact) mass is 441 g/mol. The Morgan fingerprint density at radius 3 is 2.55 bits per heavy atom. The fraction of sp³-hybridized carbons (Fsp3) is 0.480. The highest BCUT2D eigenvalue weighted by molar-refractivity contribution is 5.74. The number of amides is 2. The summed E-state index contributed by atoms with van der Waals surface area (Å²) in [5, 5.41) is 2.30. The van der Waals surface area contributed by atoms with Crippen molar-refractivity contribution in [2.24, 2.45) is 5.89 Å². The molecule has 0 radical (unpaired) electrons. The molecule has 2 aromatic rings. The highest BCUT2D eigenvalue weighted by Gasteiger charge is 2.27. The lowest BCUT2D eigenvalue weighted by atomic mass is 10.0. The molecule has 31 heavy (non-hydrogen) atoms. The lowest BCUT2D eigenvalue weighted by Gasteiger charge is -2.37. The number of benzene rings is 2. The average molecular weight is 442 g/mol. The van der Waals surface area contributed by atoms with Gasteiger partial charge in [0.15, 0.2) is 0 Å². The molecule has 0 aliphatic carbocycles.